The number of rotatable bonds is 1. The maximum Gasteiger partial charge on any atom is 0.332 e. The molecule has 0 amide bonds. The van der Waals surface area contributed by atoms with Crippen molar-refractivity contribution in [1.82, 2.24) is 0 Å². The molecule has 3 rings (SSSR count). The molecule has 0 aromatic carbocycles. The molecule has 0 spiro atoms. The quantitative estimate of drug-likeness (QED) is 0.415. The fraction of sp³-hybridized carbons (Fsp3) is 0.800. The van der Waals surface area contributed by atoms with Gasteiger partial charge in [0.2, 0.25) is 0 Å². The first-order valence-corrected chi connectivity index (χ1v) is 4.09. The topological polar surface area (TPSA) is 44.8 Å². The number of hydrogen-bond donors (Lipinski definition) is 0. The van der Waals surface area contributed by atoms with Crippen molar-refractivity contribution in [3.05, 3.63) is 0 Å². The van der Waals surface area contributed by atoms with Gasteiger partial charge in [-0.05, 0) is 0 Å². The highest BCUT2D eigenvalue weighted by Gasteiger charge is 2.44. The van der Waals surface area contributed by atoms with Crippen LogP contribution in [-0.2, 0) is 18.4 Å². The molecule has 10 heavy (non-hydrogen) atoms. The van der Waals surface area contributed by atoms with Gasteiger partial charge in [0.1, 0.15) is 6.29 Å². The lowest BCUT2D eigenvalue weighted by atomic mass is 9.94. The normalized spacial score (nSPS) is 45.4. The van der Waals surface area contributed by atoms with Gasteiger partial charge in [0, 0.05) is 0 Å². The Morgan fingerprint density at radius 1 is 1.20 bits per heavy atom. The Kier molecular flexibility index (Phi) is 1.49. The molecule has 0 aliphatic carbocycles. The van der Waals surface area contributed by atoms with Crippen molar-refractivity contribution in [3.63, 3.8) is 0 Å². The molecule has 56 valence electrons. The Hall–Kier alpha value is -0.0200. The van der Waals surface area contributed by atoms with Gasteiger partial charge in [-0.15, -0.1) is 0 Å². The minimum atomic E-state index is -1.10. The first-order valence-electron chi connectivity index (χ1n) is 3.00. The van der Waals surface area contributed by atoms with Crippen molar-refractivity contribution in [2.45, 2.75) is 0 Å². The minimum Gasteiger partial charge on any atom is -0.311 e. The summed E-state index contributed by atoms with van der Waals surface area (Å²) in [5.41, 5.74) is -0.503. The number of hydrogen-bond acceptors (Lipinski definition) is 4. The highest BCUT2D eigenvalue weighted by Crippen LogP contribution is 2.52. The van der Waals surface area contributed by atoms with Crippen LogP contribution in [0.2, 0.25) is 0 Å². The summed E-state index contributed by atoms with van der Waals surface area (Å²) in [6.07, 6.45) is 0.860. The standard InChI is InChI=1S/C5H7O4P/c6-1-5-2-7-10(8-3-5)9-4-5/h1H,2-4H2. The van der Waals surface area contributed by atoms with Crippen molar-refractivity contribution in [1.29, 1.82) is 0 Å². The number of fused-ring (bicyclic) bond motifs is 3. The molecule has 3 aliphatic heterocycles. The minimum absolute atomic E-state index is 0.461. The van der Waals surface area contributed by atoms with Gasteiger partial charge in [0.15, 0.2) is 0 Å². The number of carbonyl (C=O) groups is 1. The summed E-state index contributed by atoms with van der Waals surface area (Å²) in [4.78, 5) is 10.5. The lowest BCUT2D eigenvalue weighted by Gasteiger charge is -2.40. The fourth-order valence-electron chi connectivity index (χ4n) is 0.883. The Morgan fingerprint density at radius 3 is 2.00 bits per heavy atom. The van der Waals surface area contributed by atoms with Crippen LogP contribution in [0, 0.1) is 5.41 Å². The third-order valence-corrected chi connectivity index (χ3v) is 2.64. The summed E-state index contributed by atoms with van der Waals surface area (Å²) in [5, 5.41) is 0. The van der Waals surface area contributed by atoms with Crippen LogP contribution in [-0.4, -0.2) is 26.1 Å². The fourth-order valence-corrected chi connectivity index (χ4v) is 2.19. The molecular weight excluding hydrogens is 155 g/mol. The molecular formula is C5H7O4P. The lowest BCUT2D eigenvalue weighted by Crippen LogP contribution is -2.44. The Balaban J connectivity index is 2.15. The highest BCUT2D eigenvalue weighted by molar-refractivity contribution is 7.41. The van der Waals surface area contributed by atoms with Crippen LogP contribution in [0.5, 0.6) is 0 Å². The van der Waals surface area contributed by atoms with Crippen molar-refractivity contribution in [3.8, 4) is 0 Å². The van der Waals surface area contributed by atoms with E-state index >= 15 is 0 Å². The van der Waals surface area contributed by atoms with Crippen molar-refractivity contribution in [2.75, 3.05) is 19.8 Å². The Bertz CT molecular complexity index is 138. The second-order valence-corrected chi connectivity index (χ2v) is 3.75. The third-order valence-electron chi connectivity index (χ3n) is 1.62. The Morgan fingerprint density at radius 2 is 1.70 bits per heavy atom. The van der Waals surface area contributed by atoms with E-state index in [0.29, 0.717) is 19.8 Å². The molecule has 3 aliphatic rings. The van der Waals surface area contributed by atoms with Crippen molar-refractivity contribution in [2.24, 2.45) is 5.41 Å². The van der Waals surface area contributed by atoms with Crippen LogP contribution in [0.1, 0.15) is 0 Å². The maximum absolute atomic E-state index is 10.5. The van der Waals surface area contributed by atoms with Crippen LogP contribution in [0.25, 0.3) is 0 Å². The van der Waals surface area contributed by atoms with Gasteiger partial charge in [-0.25, -0.2) is 0 Å². The summed E-state index contributed by atoms with van der Waals surface area (Å²) >= 11 is 0. The van der Waals surface area contributed by atoms with Gasteiger partial charge in [-0.3, -0.25) is 0 Å². The smallest absolute Gasteiger partial charge is 0.311 e. The number of aldehydes is 1. The second-order valence-electron chi connectivity index (χ2n) is 2.52. The predicted octanol–water partition coefficient (Wildman–Crippen LogP) is 0.476. The summed E-state index contributed by atoms with van der Waals surface area (Å²) in [6, 6.07) is 0. The van der Waals surface area contributed by atoms with Gasteiger partial charge in [-0.1, -0.05) is 0 Å². The molecule has 2 bridgehead atoms. The molecule has 3 heterocycles. The molecule has 3 fully saturated rings. The molecule has 0 aromatic rings. The van der Waals surface area contributed by atoms with Gasteiger partial charge in [0.25, 0.3) is 0 Å². The van der Waals surface area contributed by atoms with E-state index in [-0.39, 0.29) is 0 Å². The van der Waals surface area contributed by atoms with Crippen molar-refractivity contribution < 1.29 is 18.4 Å². The van der Waals surface area contributed by atoms with Gasteiger partial charge in [-0.2, -0.15) is 0 Å². The first-order chi connectivity index (χ1) is 4.85. The first kappa shape index (κ1) is 6.68. The molecule has 0 unspecified atom stereocenters. The highest BCUT2D eigenvalue weighted by atomic mass is 31.2. The van der Waals surface area contributed by atoms with Crippen LogP contribution in [0.3, 0.4) is 0 Å². The van der Waals surface area contributed by atoms with Crippen LogP contribution < -0.4 is 0 Å². The van der Waals surface area contributed by atoms with Gasteiger partial charge in [0.05, 0.1) is 25.2 Å². The average molecular weight is 162 g/mol. The van der Waals surface area contributed by atoms with E-state index in [1.54, 1.807) is 0 Å². The zero-order valence-electron chi connectivity index (χ0n) is 5.28. The molecule has 0 N–H and O–H groups in total. The summed E-state index contributed by atoms with van der Waals surface area (Å²) in [7, 11) is -1.10. The number of carbonyl (C=O) groups excluding carboxylic acids is 1. The molecule has 0 saturated carbocycles. The third kappa shape index (κ3) is 0.883. The molecule has 0 radical (unpaired) electrons. The zero-order valence-corrected chi connectivity index (χ0v) is 6.17. The maximum atomic E-state index is 10.5. The SMILES string of the molecule is O=CC12COP(OC1)OC2. The van der Waals surface area contributed by atoms with Gasteiger partial charge < -0.3 is 18.4 Å². The molecule has 3 saturated heterocycles. The predicted molar refractivity (Wildman–Crippen MR) is 33.3 cm³/mol. The van der Waals surface area contributed by atoms with E-state index < -0.39 is 14.0 Å². The van der Waals surface area contributed by atoms with E-state index in [1.165, 1.54) is 0 Å². The summed E-state index contributed by atoms with van der Waals surface area (Å²) in [5.74, 6) is 0. The van der Waals surface area contributed by atoms with Crippen LogP contribution >= 0.6 is 8.60 Å². The molecule has 4 nitrogen and oxygen atoms in total. The molecule has 0 atom stereocenters. The van der Waals surface area contributed by atoms with Crippen LogP contribution in [0.4, 0.5) is 0 Å². The van der Waals surface area contributed by atoms with E-state index in [2.05, 4.69) is 0 Å². The van der Waals surface area contributed by atoms with E-state index in [0.717, 1.165) is 6.29 Å². The lowest BCUT2D eigenvalue weighted by molar-refractivity contribution is -0.133. The van der Waals surface area contributed by atoms with Crippen molar-refractivity contribution >= 4 is 14.9 Å². The average Bonchev–Trinajstić information content (AvgIpc) is 2.08. The zero-order chi connectivity index (χ0) is 7.03. The molecule has 0 aromatic heterocycles. The van der Waals surface area contributed by atoms with Gasteiger partial charge >= 0.3 is 8.60 Å². The summed E-state index contributed by atoms with van der Waals surface area (Å²) in [6.45, 7) is 1.38. The molecule has 5 heteroatoms. The van der Waals surface area contributed by atoms with E-state index in [9.17, 15) is 4.79 Å². The largest absolute Gasteiger partial charge is 0.332 e. The van der Waals surface area contributed by atoms with Crippen LogP contribution in [0.15, 0.2) is 0 Å². The monoisotopic (exact) mass is 162 g/mol. The Labute approximate surface area is 59.4 Å². The van der Waals surface area contributed by atoms with E-state index in [4.69, 9.17) is 13.6 Å². The van der Waals surface area contributed by atoms with E-state index in [1.807, 2.05) is 0 Å². The summed E-state index contributed by atoms with van der Waals surface area (Å²) < 4.78 is 15.2. The second kappa shape index (κ2) is 2.24.